The molecule has 0 saturated heterocycles. The van der Waals surface area contributed by atoms with E-state index >= 15 is 0 Å². The van der Waals surface area contributed by atoms with Gasteiger partial charge in [0.1, 0.15) is 13.2 Å². The van der Waals surface area contributed by atoms with Crippen molar-refractivity contribution in [1.82, 2.24) is 0 Å². The summed E-state index contributed by atoms with van der Waals surface area (Å²) in [5.41, 5.74) is 0. The fraction of sp³-hybridized carbons (Fsp3) is 0.701. The normalized spacial score (nSPS) is 12.9. The molecule has 0 radical (unpaired) electrons. The van der Waals surface area contributed by atoms with Gasteiger partial charge in [0.2, 0.25) is 0 Å². The van der Waals surface area contributed by atoms with E-state index in [0.29, 0.717) is 19.3 Å². The quantitative estimate of drug-likeness (QED) is 0.0261. The highest BCUT2D eigenvalue weighted by Gasteiger charge is 2.19. The van der Waals surface area contributed by atoms with E-state index in [1.165, 1.54) is 154 Å². The molecule has 0 saturated carbocycles. The number of hydrogen-bond acceptors (Lipinski definition) is 6. The van der Waals surface area contributed by atoms with Crippen LogP contribution in [0.5, 0.6) is 0 Å². The largest absolute Gasteiger partial charge is 0.462 e. The smallest absolute Gasteiger partial charge is 0.306 e. The fourth-order valence-electron chi connectivity index (χ4n) is 9.77. The van der Waals surface area contributed by atoms with Gasteiger partial charge in [0.15, 0.2) is 6.10 Å². The van der Waals surface area contributed by atoms with Gasteiger partial charge in [0, 0.05) is 19.3 Å². The summed E-state index contributed by atoms with van der Waals surface area (Å²) >= 11 is 0. The summed E-state index contributed by atoms with van der Waals surface area (Å²) < 4.78 is 16.9. The van der Waals surface area contributed by atoms with E-state index < -0.39 is 6.10 Å². The Balaban J connectivity index is 4.31. The van der Waals surface area contributed by atoms with E-state index in [1.807, 2.05) is 0 Å². The van der Waals surface area contributed by atoms with Crippen LogP contribution in [0.25, 0.3) is 0 Å². The molecule has 0 aromatic carbocycles. The molecule has 0 aliphatic carbocycles. The number of allylic oxidation sites excluding steroid dienone is 20. The molecule has 0 heterocycles. The first-order valence-electron chi connectivity index (χ1n) is 35.0. The van der Waals surface area contributed by atoms with Crippen LogP contribution in [-0.4, -0.2) is 37.2 Å². The Kier molecular flexibility index (Phi) is 66.7. The number of rotatable bonds is 63. The van der Waals surface area contributed by atoms with E-state index in [4.69, 9.17) is 14.2 Å². The summed E-state index contributed by atoms with van der Waals surface area (Å²) in [6, 6.07) is 0. The first kappa shape index (κ1) is 78.8. The predicted octanol–water partition coefficient (Wildman–Crippen LogP) is 24.3. The van der Waals surface area contributed by atoms with Crippen LogP contribution in [0.4, 0.5) is 0 Å². The van der Waals surface area contributed by atoms with Crippen molar-refractivity contribution in [3.8, 4) is 0 Å². The van der Waals surface area contributed by atoms with Crippen LogP contribution in [0.15, 0.2) is 122 Å². The van der Waals surface area contributed by atoms with E-state index in [2.05, 4.69) is 142 Å². The second kappa shape index (κ2) is 70.3. The van der Waals surface area contributed by atoms with Gasteiger partial charge in [-0.2, -0.15) is 0 Å². The van der Waals surface area contributed by atoms with Crippen LogP contribution in [0, 0.1) is 0 Å². The molecule has 6 heteroatoms. The summed E-state index contributed by atoms with van der Waals surface area (Å²) in [6.07, 6.45) is 97.9. The third-order valence-electron chi connectivity index (χ3n) is 15.0. The van der Waals surface area contributed by atoms with Gasteiger partial charge >= 0.3 is 17.9 Å². The fourth-order valence-corrected chi connectivity index (χ4v) is 9.77. The van der Waals surface area contributed by atoms with Gasteiger partial charge in [-0.1, -0.05) is 335 Å². The molecule has 0 aliphatic rings. The molecule has 474 valence electrons. The monoisotopic (exact) mass is 1150 g/mol. The Bertz CT molecular complexity index is 1700. The van der Waals surface area contributed by atoms with Gasteiger partial charge in [-0.25, -0.2) is 0 Å². The molecule has 0 rings (SSSR count). The van der Waals surface area contributed by atoms with Crippen LogP contribution in [0.1, 0.15) is 329 Å². The van der Waals surface area contributed by atoms with Crippen LogP contribution >= 0.6 is 0 Å². The minimum Gasteiger partial charge on any atom is -0.462 e. The zero-order valence-corrected chi connectivity index (χ0v) is 54.4. The third-order valence-corrected chi connectivity index (χ3v) is 15.0. The summed E-state index contributed by atoms with van der Waals surface area (Å²) in [5, 5.41) is 0. The van der Waals surface area contributed by atoms with Crippen LogP contribution in [0.2, 0.25) is 0 Å². The van der Waals surface area contributed by atoms with Gasteiger partial charge in [-0.3, -0.25) is 14.4 Å². The van der Waals surface area contributed by atoms with Gasteiger partial charge in [-0.05, 0) is 96.3 Å². The number of carbonyl (C=O) groups excluding carboxylic acids is 3. The van der Waals surface area contributed by atoms with Crippen LogP contribution in [-0.2, 0) is 28.6 Å². The maximum atomic E-state index is 12.9. The second-order valence-corrected chi connectivity index (χ2v) is 23.1. The molecule has 0 spiro atoms. The molecule has 1 unspecified atom stereocenters. The highest BCUT2D eigenvalue weighted by atomic mass is 16.6. The Morgan fingerprint density at radius 3 is 0.735 bits per heavy atom. The summed E-state index contributed by atoms with van der Waals surface area (Å²) in [5.74, 6) is -0.895. The molecule has 0 aliphatic heterocycles. The Labute approximate surface area is 513 Å². The van der Waals surface area contributed by atoms with Crippen molar-refractivity contribution in [2.75, 3.05) is 13.2 Å². The Morgan fingerprint density at radius 2 is 0.470 bits per heavy atom. The van der Waals surface area contributed by atoms with Crippen molar-refractivity contribution in [1.29, 1.82) is 0 Å². The molecule has 0 fully saturated rings. The highest BCUT2D eigenvalue weighted by molar-refractivity contribution is 5.71. The highest BCUT2D eigenvalue weighted by Crippen LogP contribution is 2.17. The summed E-state index contributed by atoms with van der Waals surface area (Å²) in [6.45, 7) is 6.54. The number of unbranched alkanes of at least 4 members (excludes halogenated alkanes) is 32. The molecule has 83 heavy (non-hydrogen) atoms. The van der Waals surface area contributed by atoms with Crippen molar-refractivity contribution < 1.29 is 28.6 Å². The van der Waals surface area contributed by atoms with E-state index in [-0.39, 0.29) is 31.1 Å². The first-order valence-corrected chi connectivity index (χ1v) is 35.0. The minimum absolute atomic E-state index is 0.0825. The Hall–Kier alpha value is -4.19. The molecular weight excluding hydrogens is 1020 g/mol. The van der Waals surface area contributed by atoms with Gasteiger partial charge in [0.05, 0.1) is 0 Å². The lowest BCUT2D eigenvalue weighted by atomic mass is 10.0. The average molecular weight is 1150 g/mol. The second-order valence-electron chi connectivity index (χ2n) is 23.1. The molecule has 0 amide bonds. The standard InChI is InChI=1S/C77H130O6/c1-4-7-10-13-16-19-22-25-27-29-30-31-32-33-34-35-36-37-38-39-40-41-42-43-44-45-46-48-49-52-55-58-61-64-67-70-76(79)82-73-74(72-81-75(78)69-66-63-60-57-54-51-24-21-18-15-12-9-6-3)83-77(80)71-68-65-62-59-56-53-50-47-28-26-23-20-17-14-11-8-5-2/h7,10,16,19,25,27,30-31,33-34,36-37,39-40,42-43,45-46,49,52,74H,4-6,8-9,11-15,17-18,20-24,26,28-29,32,35,38,41,44,47-48,50-51,53-73H2,1-3H3/b10-7-,19-16-,27-25-,31-30-,34-33-,37-36-,40-39-,43-42-,46-45-,52-49-. The van der Waals surface area contributed by atoms with Crippen LogP contribution in [0.3, 0.4) is 0 Å². The third kappa shape index (κ3) is 68.5. The van der Waals surface area contributed by atoms with Crippen LogP contribution < -0.4 is 0 Å². The maximum Gasteiger partial charge on any atom is 0.306 e. The first-order chi connectivity index (χ1) is 41.0. The lowest BCUT2D eigenvalue weighted by Gasteiger charge is -2.18. The lowest BCUT2D eigenvalue weighted by molar-refractivity contribution is -0.167. The lowest BCUT2D eigenvalue weighted by Crippen LogP contribution is -2.30. The summed E-state index contributed by atoms with van der Waals surface area (Å²) in [4.78, 5) is 38.4. The topological polar surface area (TPSA) is 78.9 Å². The van der Waals surface area contributed by atoms with E-state index in [0.717, 1.165) is 135 Å². The molecule has 0 bridgehead atoms. The zero-order chi connectivity index (χ0) is 59.9. The molecule has 6 nitrogen and oxygen atoms in total. The number of ether oxygens (including phenoxy) is 3. The molecule has 0 N–H and O–H groups in total. The minimum atomic E-state index is -0.788. The molecule has 1 atom stereocenters. The van der Waals surface area contributed by atoms with Crippen molar-refractivity contribution in [2.24, 2.45) is 0 Å². The average Bonchev–Trinajstić information content (AvgIpc) is 3.49. The number of esters is 3. The summed E-state index contributed by atoms with van der Waals surface area (Å²) in [7, 11) is 0. The van der Waals surface area contributed by atoms with E-state index in [1.54, 1.807) is 0 Å². The maximum absolute atomic E-state index is 12.9. The van der Waals surface area contributed by atoms with Crippen molar-refractivity contribution in [3.63, 3.8) is 0 Å². The zero-order valence-electron chi connectivity index (χ0n) is 54.4. The number of hydrogen-bond donors (Lipinski definition) is 0. The van der Waals surface area contributed by atoms with E-state index in [9.17, 15) is 14.4 Å². The molecular formula is C77H130O6. The SMILES string of the molecule is CC/C=C\C/C=C\C/C=C\C/C=C\C/C=C\C/C=C\C/C=C\C/C=C\C/C=C\C/C=C\CCCCCCC(=O)OCC(COC(=O)CCCCCCCCCCCCCCC)OC(=O)CCCCCCCCCCCCCCCCCCC. The van der Waals surface area contributed by atoms with Crippen molar-refractivity contribution in [2.45, 2.75) is 335 Å². The van der Waals surface area contributed by atoms with Gasteiger partial charge in [-0.15, -0.1) is 0 Å². The van der Waals surface area contributed by atoms with Gasteiger partial charge in [0.25, 0.3) is 0 Å². The predicted molar refractivity (Wildman–Crippen MR) is 362 cm³/mol. The Morgan fingerprint density at radius 1 is 0.253 bits per heavy atom. The van der Waals surface area contributed by atoms with Crippen molar-refractivity contribution >= 4 is 17.9 Å². The molecule has 0 aromatic heterocycles. The molecule has 0 aromatic rings. The van der Waals surface area contributed by atoms with Crippen molar-refractivity contribution in [3.05, 3.63) is 122 Å². The van der Waals surface area contributed by atoms with Gasteiger partial charge < -0.3 is 14.2 Å². The number of carbonyl (C=O) groups is 3.